The van der Waals surface area contributed by atoms with Crippen LogP contribution in [0.15, 0.2) is 42.4 Å². The fraction of sp³-hybridized carbons (Fsp3) is 0.0769. The van der Waals surface area contributed by atoms with E-state index in [1.165, 1.54) is 13.0 Å². The molecule has 1 heterocycles. The topological polar surface area (TPSA) is 67.5 Å². The van der Waals surface area contributed by atoms with Gasteiger partial charge in [0.25, 0.3) is 0 Å². The number of fused-ring (bicyclic) bond motifs is 1. The maximum absolute atomic E-state index is 11.8. The van der Waals surface area contributed by atoms with Crippen LogP contribution in [-0.4, -0.2) is 10.9 Å². The van der Waals surface area contributed by atoms with Gasteiger partial charge in [0.15, 0.2) is 11.4 Å². The number of allylic oxidation sites excluding steroid dienone is 1. The first-order valence-electron chi connectivity index (χ1n) is 5.23. The van der Waals surface area contributed by atoms with Crippen molar-refractivity contribution in [3.05, 3.63) is 49.2 Å². The smallest absolute Gasteiger partial charge is 0.347 e. The number of hydrogen-bond donors (Lipinski definition) is 1. The summed E-state index contributed by atoms with van der Waals surface area (Å²) >= 11 is 6.61. The molecule has 1 aromatic carbocycles. The highest BCUT2D eigenvalue weighted by Gasteiger charge is 2.12. The molecule has 19 heavy (non-hydrogen) atoms. The molecule has 0 atom stereocenters. The molecule has 0 saturated heterocycles. The molecule has 0 saturated carbocycles. The van der Waals surface area contributed by atoms with Crippen LogP contribution in [0.5, 0.6) is 0 Å². The van der Waals surface area contributed by atoms with E-state index in [1.807, 2.05) is 0 Å². The Labute approximate surface area is 125 Å². The zero-order valence-electron chi connectivity index (χ0n) is 9.74. The van der Waals surface area contributed by atoms with Gasteiger partial charge < -0.3 is 9.52 Å². The van der Waals surface area contributed by atoms with Gasteiger partial charge in [0.2, 0.25) is 0 Å². The number of aliphatic hydroxyl groups excluding tert-OH is 1. The Morgan fingerprint density at radius 3 is 2.63 bits per heavy atom. The lowest BCUT2D eigenvalue weighted by molar-refractivity contribution is -0.112. The quantitative estimate of drug-likeness (QED) is 0.483. The number of ketones is 1. The van der Waals surface area contributed by atoms with Crippen LogP contribution in [-0.2, 0) is 4.79 Å². The van der Waals surface area contributed by atoms with Gasteiger partial charge in [-0.2, -0.15) is 0 Å². The van der Waals surface area contributed by atoms with Gasteiger partial charge in [-0.05, 0) is 41.1 Å². The molecule has 6 heteroatoms. The third-order valence-electron chi connectivity index (χ3n) is 2.37. The molecule has 1 aromatic heterocycles. The standard InChI is InChI=1S/C13H8Br2O4/c1-6(16)2-11(17)9-4-7-3-8(14)5-10(15)12(7)19-13(9)18/h2-5,17H,1H3/b11-2-. The van der Waals surface area contributed by atoms with Gasteiger partial charge in [0.1, 0.15) is 11.3 Å². The highest BCUT2D eigenvalue weighted by atomic mass is 79.9. The van der Waals surface area contributed by atoms with Crippen LogP contribution in [0.4, 0.5) is 0 Å². The van der Waals surface area contributed by atoms with Crippen LogP contribution in [0.1, 0.15) is 12.5 Å². The van der Waals surface area contributed by atoms with Crippen molar-refractivity contribution in [3.8, 4) is 0 Å². The van der Waals surface area contributed by atoms with Gasteiger partial charge >= 0.3 is 5.63 Å². The molecule has 98 valence electrons. The van der Waals surface area contributed by atoms with Crippen LogP contribution < -0.4 is 5.63 Å². The predicted octanol–water partition coefficient (Wildman–Crippen LogP) is 3.81. The molecular formula is C13H8Br2O4. The Balaban J connectivity index is 2.75. The monoisotopic (exact) mass is 386 g/mol. The molecule has 0 radical (unpaired) electrons. The molecule has 2 rings (SSSR count). The van der Waals surface area contributed by atoms with Crippen molar-refractivity contribution in [2.45, 2.75) is 6.92 Å². The number of rotatable bonds is 2. The molecular weight excluding hydrogens is 380 g/mol. The predicted molar refractivity (Wildman–Crippen MR) is 79.2 cm³/mol. The van der Waals surface area contributed by atoms with Crippen molar-refractivity contribution in [1.82, 2.24) is 0 Å². The minimum atomic E-state index is -0.703. The van der Waals surface area contributed by atoms with Crippen molar-refractivity contribution >= 4 is 54.4 Å². The van der Waals surface area contributed by atoms with E-state index in [0.717, 1.165) is 10.5 Å². The van der Waals surface area contributed by atoms with E-state index in [2.05, 4.69) is 31.9 Å². The minimum Gasteiger partial charge on any atom is -0.507 e. The summed E-state index contributed by atoms with van der Waals surface area (Å²) < 4.78 is 6.56. The molecule has 0 aliphatic carbocycles. The second-order valence-electron chi connectivity index (χ2n) is 3.89. The molecule has 1 N–H and O–H groups in total. The van der Waals surface area contributed by atoms with Gasteiger partial charge in [0.05, 0.1) is 4.47 Å². The number of carbonyl (C=O) groups excluding carboxylic acids is 1. The Bertz CT molecular complexity index is 759. The summed E-state index contributed by atoms with van der Waals surface area (Å²) in [6.07, 6.45) is 0.977. The van der Waals surface area contributed by atoms with Gasteiger partial charge in [-0.25, -0.2) is 4.79 Å². The van der Waals surface area contributed by atoms with E-state index in [0.29, 0.717) is 15.4 Å². The van der Waals surface area contributed by atoms with Gasteiger partial charge in [-0.15, -0.1) is 0 Å². The Morgan fingerprint density at radius 1 is 1.32 bits per heavy atom. The molecule has 0 aliphatic rings. The van der Waals surface area contributed by atoms with Crippen molar-refractivity contribution in [2.24, 2.45) is 0 Å². The van der Waals surface area contributed by atoms with Gasteiger partial charge in [-0.3, -0.25) is 4.79 Å². The SMILES string of the molecule is CC(=O)/C=C(\O)c1cc2cc(Br)cc(Br)c2oc1=O. The van der Waals surface area contributed by atoms with Crippen molar-refractivity contribution in [1.29, 1.82) is 0 Å². The van der Waals surface area contributed by atoms with E-state index < -0.39 is 11.4 Å². The molecule has 0 bridgehead atoms. The number of hydrogen-bond acceptors (Lipinski definition) is 4. The number of benzene rings is 1. The lowest BCUT2D eigenvalue weighted by Gasteiger charge is -2.03. The number of aliphatic hydroxyl groups is 1. The summed E-state index contributed by atoms with van der Waals surface area (Å²) in [5.41, 5.74) is -0.370. The van der Waals surface area contributed by atoms with Crippen LogP contribution in [0.3, 0.4) is 0 Å². The zero-order chi connectivity index (χ0) is 14.2. The first-order valence-corrected chi connectivity index (χ1v) is 6.81. The summed E-state index contributed by atoms with van der Waals surface area (Å²) in [6, 6.07) is 4.97. The summed E-state index contributed by atoms with van der Waals surface area (Å²) in [5.74, 6) is -0.758. The van der Waals surface area contributed by atoms with E-state index in [1.54, 1.807) is 12.1 Å². The highest BCUT2D eigenvalue weighted by molar-refractivity contribution is 9.11. The lowest BCUT2D eigenvalue weighted by atomic mass is 10.1. The zero-order valence-corrected chi connectivity index (χ0v) is 12.9. The summed E-state index contributed by atoms with van der Waals surface area (Å²) in [4.78, 5) is 22.7. The van der Waals surface area contributed by atoms with Crippen LogP contribution in [0.2, 0.25) is 0 Å². The average molecular weight is 388 g/mol. The molecule has 0 spiro atoms. The van der Waals surface area contributed by atoms with E-state index in [4.69, 9.17) is 4.42 Å². The molecule has 0 amide bonds. The number of carbonyl (C=O) groups is 1. The van der Waals surface area contributed by atoms with Crippen molar-refractivity contribution < 1.29 is 14.3 Å². The summed E-state index contributed by atoms with van der Waals surface area (Å²) in [6.45, 7) is 1.28. The molecule has 0 aliphatic heterocycles. The Kier molecular flexibility index (Phi) is 3.91. The third-order valence-corrected chi connectivity index (χ3v) is 3.41. The van der Waals surface area contributed by atoms with E-state index in [9.17, 15) is 14.7 Å². The lowest BCUT2D eigenvalue weighted by Crippen LogP contribution is -2.07. The van der Waals surface area contributed by atoms with Gasteiger partial charge in [0, 0.05) is 15.9 Å². The van der Waals surface area contributed by atoms with E-state index >= 15 is 0 Å². The van der Waals surface area contributed by atoms with Gasteiger partial charge in [-0.1, -0.05) is 15.9 Å². The maximum Gasteiger partial charge on any atom is 0.347 e. The first-order chi connectivity index (χ1) is 8.88. The fourth-order valence-corrected chi connectivity index (χ4v) is 2.95. The summed E-state index contributed by atoms with van der Waals surface area (Å²) in [7, 11) is 0. The Hall–Kier alpha value is -1.40. The van der Waals surface area contributed by atoms with Crippen LogP contribution in [0.25, 0.3) is 16.7 Å². The molecule has 0 fully saturated rings. The first kappa shape index (κ1) is 14.0. The second-order valence-corrected chi connectivity index (χ2v) is 5.66. The molecule has 2 aromatic rings. The normalized spacial score (nSPS) is 11.8. The maximum atomic E-state index is 11.8. The fourth-order valence-electron chi connectivity index (χ4n) is 1.61. The van der Waals surface area contributed by atoms with Crippen LogP contribution >= 0.6 is 31.9 Å². The highest BCUT2D eigenvalue weighted by Crippen LogP contribution is 2.28. The minimum absolute atomic E-state index is 0.0484. The third kappa shape index (κ3) is 2.96. The average Bonchev–Trinajstić information content (AvgIpc) is 2.28. The molecule has 4 nitrogen and oxygen atoms in total. The summed E-state index contributed by atoms with van der Waals surface area (Å²) in [5, 5.41) is 10.4. The second kappa shape index (κ2) is 5.30. The largest absolute Gasteiger partial charge is 0.507 e. The van der Waals surface area contributed by atoms with E-state index in [-0.39, 0.29) is 11.3 Å². The number of halogens is 2. The van der Waals surface area contributed by atoms with Crippen LogP contribution in [0, 0.1) is 0 Å². The van der Waals surface area contributed by atoms with Crippen molar-refractivity contribution in [3.63, 3.8) is 0 Å². The molecule has 0 unspecified atom stereocenters. The Morgan fingerprint density at radius 2 is 2.00 bits per heavy atom. The van der Waals surface area contributed by atoms with Crippen molar-refractivity contribution in [2.75, 3.05) is 0 Å².